The molecule has 1 aromatic rings. The minimum absolute atomic E-state index is 0.787. The molecule has 0 bridgehead atoms. The number of hydrogen-bond donors (Lipinski definition) is 0. The van der Waals surface area contributed by atoms with Crippen LogP contribution in [0.5, 0.6) is 5.75 Å². The van der Waals surface area contributed by atoms with Crippen LogP contribution in [0.3, 0.4) is 0 Å². The third-order valence-corrected chi connectivity index (χ3v) is 3.74. The van der Waals surface area contributed by atoms with E-state index < -0.39 is 0 Å². The second-order valence-corrected chi connectivity index (χ2v) is 4.67. The van der Waals surface area contributed by atoms with Gasteiger partial charge in [0.1, 0.15) is 5.75 Å². The fourth-order valence-corrected chi connectivity index (χ4v) is 2.40. The average molecular weight is 204 g/mol. The van der Waals surface area contributed by atoms with Crippen LogP contribution in [0.25, 0.3) is 0 Å². The Morgan fingerprint density at radius 1 is 1.47 bits per heavy atom. The van der Waals surface area contributed by atoms with E-state index in [0.717, 1.165) is 23.5 Å². The molecule has 1 nitrogen and oxygen atoms in total. The molecule has 82 valence electrons. The fourth-order valence-electron chi connectivity index (χ4n) is 2.40. The molecule has 0 spiro atoms. The molecule has 2 rings (SSSR count). The summed E-state index contributed by atoms with van der Waals surface area (Å²) in [6, 6.07) is 8.53. The highest BCUT2D eigenvalue weighted by Crippen LogP contribution is 2.52. The van der Waals surface area contributed by atoms with Crippen molar-refractivity contribution in [2.75, 3.05) is 7.11 Å². The van der Waals surface area contributed by atoms with Crippen molar-refractivity contribution in [2.45, 2.75) is 32.6 Å². The van der Waals surface area contributed by atoms with Crippen LogP contribution < -0.4 is 4.74 Å². The van der Waals surface area contributed by atoms with Crippen LogP contribution in [-0.4, -0.2) is 7.11 Å². The minimum Gasteiger partial charge on any atom is -0.497 e. The lowest BCUT2D eigenvalue weighted by molar-refractivity contribution is 0.414. The standard InChI is InChI=1S/C14H20O/c1-4-10(2)13-9-14(13)11-6-5-7-12(8-11)15-3/h5-8,10,13-14H,4,9H2,1-3H3. The Morgan fingerprint density at radius 3 is 2.93 bits per heavy atom. The first-order chi connectivity index (χ1) is 7.26. The summed E-state index contributed by atoms with van der Waals surface area (Å²) in [7, 11) is 1.73. The summed E-state index contributed by atoms with van der Waals surface area (Å²) in [6.07, 6.45) is 2.66. The van der Waals surface area contributed by atoms with Crippen LogP contribution in [0.15, 0.2) is 24.3 Å². The number of ether oxygens (including phenoxy) is 1. The van der Waals surface area contributed by atoms with Crippen LogP contribution in [0.4, 0.5) is 0 Å². The van der Waals surface area contributed by atoms with E-state index in [1.807, 2.05) is 6.07 Å². The van der Waals surface area contributed by atoms with Gasteiger partial charge in [0.2, 0.25) is 0 Å². The zero-order chi connectivity index (χ0) is 10.8. The van der Waals surface area contributed by atoms with E-state index in [9.17, 15) is 0 Å². The van der Waals surface area contributed by atoms with Gasteiger partial charge >= 0.3 is 0 Å². The Hall–Kier alpha value is -0.980. The second kappa shape index (κ2) is 4.26. The molecule has 0 radical (unpaired) electrons. The first kappa shape index (κ1) is 10.5. The first-order valence-corrected chi connectivity index (χ1v) is 5.90. The predicted molar refractivity (Wildman–Crippen MR) is 63.3 cm³/mol. The van der Waals surface area contributed by atoms with Crippen molar-refractivity contribution in [1.29, 1.82) is 0 Å². The van der Waals surface area contributed by atoms with Gasteiger partial charge in [-0.1, -0.05) is 32.4 Å². The van der Waals surface area contributed by atoms with Gasteiger partial charge in [0.15, 0.2) is 0 Å². The molecule has 1 aliphatic rings. The highest BCUT2D eigenvalue weighted by molar-refractivity contribution is 5.34. The van der Waals surface area contributed by atoms with Crippen molar-refractivity contribution in [3.8, 4) is 5.75 Å². The predicted octanol–water partition coefficient (Wildman–Crippen LogP) is 3.84. The molecule has 1 aromatic carbocycles. The monoisotopic (exact) mass is 204 g/mol. The highest BCUT2D eigenvalue weighted by atomic mass is 16.5. The molecule has 1 saturated carbocycles. The van der Waals surface area contributed by atoms with Crippen molar-refractivity contribution in [3.63, 3.8) is 0 Å². The number of rotatable bonds is 4. The molecule has 3 unspecified atom stereocenters. The molecule has 1 heteroatoms. The van der Waals surface area contributed by atoms with Crippen LogP contribution in [-0.2, 0) is 0 Å². The summed E-state index contributed by atoms with van der Waals surface area (Å²) >= 11 is 0. The summed E-state index contributed by atoms with van der Waals surface area (Å²) in [5, 5.41) is 0. The van der Waals surface area contributed by atoms with E-state index >= 15 is 0 Å². The summed E-state index contributed by atoms with van der Waals surface area (Å²) in [5.74, 6) is 3.54. The lowest BCUT2D eigenvalue weighted by Crippen LogP contribution is -1.96. The Kier molecular flexibility index (Phi) is 2.99. The molecule has 0 heterocycles. The fraction of sp³-hybridized carbons (Fsp3) is 0.571. The van der Waals surface area contributed by atoms with Gasteiger partial charge in [-0.05, 0) is 41.9 Å². The molecule has 1 fully saturated rings. The third kappa shape index (κ3) is 2.17. The minimum atomic E-state index is 0.787. The van der Waals surface area contributed by atoms with E-state index in [1.165, 1.54) is 18.4 Å². The Bertz CT molecular complexity index is 332. The van der Waals surface area contributed by atoms with Gasteiger partial charge < -0.3 is 4.74 Å². The Labute approximate surface area is 92.5 Å². The summed E-state index contributed by atoms with van der Waals surface area (Å²) in [5.41, 5.74) is 1.46. The SMILES string of the molecule is CCC(C)C1CC1c1cccc(OC)c1. The first-order valence-electron chi connectivity index (χ1n) is 5.90. The third-order valence-electron chi connectivity index (χ3n) is 3.74. The molecule has 3 atom stereocenters. The van der Waals surface area contributed by atoms with Crippen molar-refractivity contribution in [1.82, 2.24) is 0 Å². The van der Waals surface area contributed by atoms with Crippen molar-refractivity contribution in [2.24, 2.45) is 11.8 Å². The van der Waals surface area contributed by atoms with Gasteiger partial charge in [-0.25, -0.2) is 0 Å². The molecular weight excluding hydrogens is 184 g/mol. The number of hydrogen-bond acceptors (Lipinski definition) is 1. The van der Waals surface area contributed by atoms with Gasteiger partial charge in [-0.15, -0.1) is 0 Å². The largest absolute Gasteiger partial charge is 0.497 e. The summed E-state index contributed by atoms with van der Waals surface area (Å²) in [6.45, 7) is 4.65. The molecule has 0 aromatic heterocycles. The van der Waals surface area contributed by atoms with E-state index in [-0.39, 0.29) is 0 Å². The molecule has 0 amide bonds. The summed E-state index contributed by atoms with van der Waals surface area (Å²) < 4.78 is 5.25. The second-order valence-electron chi connectivity index (χ2n) is 4.67. The van der Waals surface area contributed by atoms with Crippen molar-refractivity contribution < 1.29 is 4.74 Å². The summed E-state index contributed by atoms with van der Waals surface area (Å²) in [4.78, 5) is 0. The Balaban J connectivity index is 2.06. The molecular formula is C14H20O. The zero-order valence-corrected chi connectivity index (χ0v) is 9.86. The lowest BCUT2D eigenvalue weighted by atomic mass is 9.99. The van der Waals surface area contributed by atoms with Crippen molar-refractivity contribution >= 4 is 0 Å². The number of benzene rings is 1. The molecule has 0 aliphatic heterocycles. The maximum Gasteiger partial charge on any atom is 0.119 e. The normalized spacial score (nSPS) is 26.1. The van der Waals surface area contributed by atoms with E-state index in [1.54, 1.807) is 7.11 Å². The van der Waals surface area contributed by atoms with E-state index in [0.29, 0.717) is 0 Å². The van der Waals surface area contributed by atoms with Crippen LogP contribution >= 0.6 is 0 Å². The highest BCUT2D eigenvalue weighted by Gasteiger charge is 2.41. The van der Waals surface area contributed by atoms with Gasteiger partial charge in [0.25, 0.3) is 0 Å². The van der Waals surface area contributed by atoms with Gasteiger partial charge in [-0.3, -0.25) is 0 Å². The zero-order valence-electron chi connectivity index (χ0n) is 9.86. The molecule has 0 saturated heterocycles. The van der Waals surface area contributed by atoms with Crippen LogP contribution in [0.2, 0.25) is 0 Å². The van der Waals surface area contributed by atoms with E-state index in [4.69, 9.17) is 4.74 Å². The maximum atomic E-state index is 5.25. The topological polar surface area (TPSA) is 9.23 Å². The average Bonchev–Trinajstić information content (AvgIpc) is 3.08. The van der Waals surface area contributed by atoms with E-state index in [2.05, 4.69) is 32.0 Å². The van der Waals surface area contributed by atoms with Crippen molar-refractivity contribution in [3.05, 3.63) is 29.8 Å². The molecule has 1 aliphatic carbocycles. The molecule has 15 heavy (non-hydrogen) atoms. The number of methoxy groups -OCH3 is 1. The smallest absolute Gasteiger partial charge is 0.119 e. The Morgan fingerprint density at radius 2 is 2.27 bits per heavy atom. The van der Waals surface area contributed by atoms with Crippen LogP contribution in [0, 0.1) is 11.8 Å². The van der Waals surface area contributed by atoms with Gasteiger partial charge in [0.05, 0.1) is 7.11 Å². The maximum absolute atomic E-state index is 5.25. The van der Waals surface area contributed by atoms with Gasteiger partial charge in [0, 0.05) is 0 Å². The van der Waals surface area contributed by atoms with Crippen LogP contribution in [0.1, 0.15) is 38.2 Å². The van der Waals surface area contributed by atoms with Gasteiger partial charge in [-0.2, -0.15) is 0 Å². The quantitative estimate of drug-likeness (QED) is 0.724. The lowest BCUT2D eigenvalue weighted by Gasteiger charge is -2.08. The molecule has 0 N–H and O–H groups in total.